The summed E-state index contributed by atoms with van der Waals surface area (Å²) in [6.45, 7) is 11.2. The Morgan fingerprint density at radius 3 is 0.991 bits per heavy atom. The van der Waals surface area contributed by atoms with Crippen LogP contribution in [0.2, 0.25) is 0 Å². The van der Waals surface area contributed by atoms with E-state index in [1.54, 1.807) is 122 Å². The normalized spacial score (nSPS) is 10.3. The molecule has 0 radical (unpaired) electrons. The lowest BCUT2D eigenvalue weighted by molar-refractivity contribution is -0.139. The smallest absolute Gasteiger partial charge is 0.336 e. The van der Waals surface area contributed by atoms with E-state index in [0.717, 1.165) is 33.4 Å². The van der Waals surface area contributed by atoms with Crippen molar-refractivity contribution in [3.63, 3.8) is 0 Å². The third kappa shape index (κ3) is 26.8. The summed E-state index contributed by atoms with van der Waals surface area (Å²) in [5, 5.41) is 76.8. The maximum Gasteiger partial charge on any atom is 0.336 e. The molecule has 0 spiro atoms. The van der Waals surface area contributed by atoms with Gasteiger partial charge in [-0.05, 0) is 140 Å². The minimum Gasteiger partial charge on any atom is -0.479 e. The predicted molar refractivity (Wildman–Crippen MR) is 420 cm³/mol. The van der Waals surface area contributed by atoms with Crippen molar-refractivity contribution in [3.8, 4) is 6.07 Å². The van der Waals surface area contributed by atoms with E-state index in [9.17, 15) is 72.2 Å². The van der Waals surface area contributed by atoms with Gasteiger partial charge in [-0.3, -0.25) is 33.6 Å². The SMILES string of the molecule is C=C(C)c1ccc(CNC(=O)c2ccccc2C(=O)O)cc1.CC(=O)CCc1ccc(CNC(=O)c2ccccc2C(=O)O)cc1.CC(=O)c1ccc(CNC(=O)c2ccccc2C(=O)O)cc1.CC(=O)c1ccccc1C(=O)NCc1ccc(C(=O)O)cc1C#N.O=C(O)c1ccccc1C(=O)NC(C(=O)O)c1ccccc1. The van der Waals surface area contributed by atoms with Crippen LogP contribution in [0.5, 0.6) is 0 Å². The number of carbonyl (C=O) groups is 14. The van der Waals surface area contributed by atoms with E-state index in [4.69, 9.17) is 30.8 Å². The van der Waals surface area contributed by atoms with Crippen LogP contribution in [0, 0.1) is 11.3 Å². The number of aromatic carboxylic acids is 5. The van der Waals surface area contributed by atoms with Gasteiger partial charge in [0.15, 0.2) is 17.6 Å². The number of hydrogen-bond donors (Lipinski definition) is 11. The Labute approximate surface area is 654 Å². The Balaban J connectivity index is 0.000000222. The average molecular weight is 1540 g/mol. The number of carboxylic acid groups (broad SMARTS) is 6. The van der Waals surface area contributed by atoms with E-state index in [-0.39, 0.29) is 91.6 Å². The summed E-state index contributed by atoms with van der Waals surface area (Å²) < 4.78 is 0. The van der Waals surface area contributed by atoms with E-state index in [1.807, 2.05) is 61.5 Å². The fourth-order valence-corrected chi connectivity index (χ4v) is 10.6. The third-order valence-electron chi connectivity index (χ3n) is 16.7. The molecule has 114 heavy (non-hydrogen) atoms. The van der Waals surface area contributed by atoms with Crippen molar-refractivity contribution in [2.75, 3.05) is 0 Å². The molecule has 0 aliphatic carbocycles. The number of nitrogens with zero attached hydrogens (tertiary/aromatic N) is 1. The van der Waals surface area contributed by atoms with Crippen molar-refractivity contribution in [1.82, 2.24) is 26.6 Å². The Morgan fingerprint density at radius 1 is 0.342 bits per heavy atom. The topological polar surface area (TPSA) is 444 Å². The quantitative estimate of drug-likeness (QED) is 0.0213. The maximum atomic E-state index is 12.3. The van der Waals surface area contributed by atoms with Crippen LogP contribution in [0.1, 0.15) is 209 Å². The van der Waals surface area contributed by atoms with Gasteiger partial charge in [-0.15, -0.1) is 0 Å². The molecule has 0 aliphatic rings. The van der Waals surface area contributed by atoms with E-state index in [1.165, 1.54) is 92.7 Å². The molecule has 26 nitrogen and oxygen atoms in total. The molecule has 580 valence electrons. The summed E-state index contributed by atoms with van der Waals surface area (Å²) >= 11 is 0. The lowest BCUT2D eigenvalue weighted by Crippen LogP contribution is -2.34. The molecule has 26 heteroatoms. The second kappa shape index (κ2) is 43.6. The molecule has 0 saturated carbocycles. The molecule has 0 heterocycles. The lowest BCUT2D eigenvalue weighted by atomic mass is 10.0. The van der Waals surface area contributed by atoms with Gasteiger partial charge >= 0.3 is 35.8 Å². The van der Waals surface area contributed by atoms with E-state index in [2.05, 4.69) is 33.2 Å². The maximum absolute atomic E-state index is 12.3. The zero-order valence-corrected chi connectivity index (χ0v) is 62.0. The molecule has 10 aromatic rings. The number of nitriles is 1. The number of Topliss-reactive ketones (excluding diaryl/α,β-unsaturated/α-hetero) is 3. The number of aliphatic carboxylic acids is 1. The van der Waals surface area contributed by atoms with Crippen molar-refractivity contribution in [2.45, 2.75) is 72.8 Å². The molecule has 10 aromatic carbocycles. The number of hydrogen-bond acceptors (Lipinski definition) is 15. The van der Waals surface area contributed by atoms with Crippen LogP contribution >= 0.6 is 0 Å². The summed E-state index contributed by atoms with van der Waals surface area (Å²) in [4.78, 5) is 161. The summed E-state index contributed by atoms with van der Waals surface area (Å²) in [5.74, 6) is -9.55. The molecule has 1 unspecified atom stereocenters. The number of carbonyl (C=O) groups excluding carboxylic acids is 8. The Morgan fingerprint density at radius 2 is 0.658 bits per heavy atom. The molecule has 0 bridgehead atoms. The number of allylic oxidation sites excluding steroid dienone is 1. The number of rotatable bonds is 27. The zero-order valence-electron chi connectivity index (χ0n) is 62.0. The Bertz CT molecular complexity index is 5160. The molecule has 0 fully saturated rings. The number of benzene rings is 10. The zero-order chi connectivity index (χ0) is 83.6. The first-order valence-electron chi connectivity index (χ1n) is 34.7. The lowest BCUT2D eigenvalue weighted by Gasteiger charge is -2.15. The van der Waals surface area contributed by atoms with Gasteiger partial charge in [0.2, 0.25) is 0 Å². The predicted octanol–water partition coefficient (Wildman–Crippen LogP) is 13.0. The minimum absolute atomic E-state index is 0.00219. The largest absolute Gasteiger partial charge is 0.479 e. The Hall–Kier alpha value is -15.4. The number of carboxylic acids is 6. The molecular weight excluding hydrogens is 1460 g/mol. The van der Waals surface area contributed by atoms with E-state index >= 15 is 0 Å². The Kier molecular flexibility index (Phi) is 33.4. The van der Waals surface area contributed by atoms with Crippen molar-refractivity contribution < 1.29 is 97.8 Å². The molecule has 0 saturated heterocycles. The van der Waals surface area contributed by atoms with Crippen LogP contribution in [0.4, 0.5) is 0 Å². The molecule has 1 atom stereocenters. The third-order valence-corrected chi connectivity index (χ3v) is 16.7. The average Bonchev–Trinajstić information content (AvgIpc) is 0.844. The van der Waals surface area contributed by atoms with Crippen LogP contribution in [-0.2, 0) is 42.2 Å². The van der Waals surface area contributed by atoms with Crippen molar-refractivity contribution >= 4 is 88.3 Å². The van der Waals surface area contributed by atoms with Crippen LogP contribution in [0.3, 0.4) is 0 Å². The highest BCUT2D eigenvalue weighted by Crippen LogP contribution is 2.20. The summed E-state index contributed by atoms with van der Waals surface area (Å²) in [7, 11) is 0. The fourth-order valence-electron chi connectivity index (χ4n) is 10.6. The number of nitrogens with one attached hydrogen (secondary N) is 5. The van der Waals surface area contributed by atoms with Crippen molar-refractivity contribution in [2.24, 2.45) is 0 Å². The van der Waals surface area contributed by atoms with Crippen LogP contribution in [0.15, 0.2) is 249 Å². The van der Waals surface area contributed by atoms with Crippen molar-refractivity contribution in [3.05, 3.63) is 361 Å². The highest BCUT2D eigenvalue weighted by atomic mass is 16.4. The monoisotopic (exact) mass is 1540 g/mol. The van der Waals surface area contributed by atoms with Crippen LogP contribution in [-0.4, -0.2) is 113 Å². The molecule has 0 aromatic heterocycles. The number of aryl methyl sites for hydroxylation is 1. The standard InChI is InChI=1S/C19H19NO4.C18H14N2O4.C18H17NO3.C17H15NO4.C16H13NO5/c1-13(21)6-7-14-8-10-15(11-9-14)12-20-18(22)16-4-2-3-5-17(16)19(23)24;1-11(21)15-4-2-3-5-16(15)17(22)20-10-13-7-6-12(18(23)24)8-14(13)9-19;1-12(2)14-9-7-13(8-10-14)11-19-17(20)15-5-3-4-6-16(15)18(21)22;1-11(19)13-8-6-12(7-9-13)10-18-16(20)14-4-2-3-5-15(14)17(21)22;18-14(11-8-4-5-9-12(11)15(19)20)17-13(16(21)22)10-6-2-1-3-7-10/h2-5,8-11H,6-7,12H2,1H3,(H,20,22)(H,23,24);2-8H,10H2,1H3,(H,20,22)(H,23,24);3-10H,1,11H2,2H3,(H,19,20)(H,21,22);2-9H,10H2,1H3,(H,18,20)(H,21,22);1-9,13H,(H,17,18)(H,19,20)(H,21,22). The summed E-state index contributed by atoms with van der Waals surface area (Å²) in [5.41, 5.74) is 8.11. The van der Waals surface area contributed by atoms with Crippen LogP contribution in [0.25, 0.3) is 5.57 Å². The molecule has 10 rings (SSSR count). The number of amides is 5. The van der Waals surface area contributed by atoms with Gasteiger partial charge in [0.05, 0.1) is 67.3 Å². The highest BCUT2D eigenvalue weighted by molar-refractivity contribution is 6.09. The first-order valence-corrected chi connectivity index (χ1v) is 34.7. The van der Waals surface area contributed by atoms with Gasteiger partial charge in [-0.25, -0.2) is 28.8 Å². The van der Waals surface area contributed by atoms with E-state index < -0.39 is 71.4 Å². The second-order valence-corrected chi connectivity index (χ2v) is 24.9. The molecule has 0 aliphatic heterocycles. The van der Waals surface area contributed by atoms with Crippen molar-refractivity contribution in [1.29, 1.82) is 5.26 Å². The first-order chi connectivity index (χ1) is 54.4. The summed E-state index contributed by atoms with van der Waals surface area (Å²) in [6.07, 6.45) is 1.22. The number of ketones is 3. The van der Waals surface area contributed by atoms with Gasteiger partial charge in [-0.1, -0.05) is 188 Å². The van der Waals surface area contributed by atoms with Gasteiger partial charge in [0, 0.05) is 43.7 Å². The molecule has 11 N–H and O–H groups in total. The molecule has 5 amide bonds. The minimum atomic E-state index is -1.25. The molecular formula is C88H78N6O20. The van der Waals surface area contributed by atoms with Gasteiger partial charge in [0.1, 0.15) is 5.78 Å². The van der Waals surface area contributed by atoms with Gasteiger partial charge in [0.25, 0.3) is 29.5 Å². The van der Waals surface area contributed by atoms with Gasteiger partial charge in [-0.2, -0.15) is 5.26 Å². The van der Waals surface area contributed by atoms with Crippen LogP contribution < -0.4 is 26.6 Å². The first kappa shape index (κ1) is 87.5. The highest BCUT2D eigenvalue weighted by Gasteiger charge is 2.26. The van der Waals surface area contributed by atoms with E-state index in [0.29, 0.717) is 48.2 Å². The summed E-state index contributed by atoms with van der Waals surface area (Å²) in [6, 6.07) is 65.5. The second-order valence-electron chi connectivity index (χ2n) is 24.9. The fraction of sp³-hybridized carbons (Fsp3) is 0.125. The van der Waals surface area contributed by atoms with Gasteiger partial charge < -0.3 is 62.0 Å².